The molecule has 0 fully saturated rings. The van der Waals surface area contributed by atoms with Crippen LogP contribution < -0.4 is 23.8 Å². The molecule has 214 valence electrons. The van der Waals surface area contributed by atoms with Crippen LogP contribution in [0.1, 0.15) is 19.4 Å². The fourth-order valence-corrected chi connectivity index (χ4v) is 5.53. The largest absolute Gasteiger partial charge is 0.497 e. The van der Waals surface area contributed by atoms with Gasteiger partial charge in [0.05, 0.1) is 31.9 Å². The van der Waals surface area contributed by atoms with Crippen molar-refractivity contribution in [1.82, 2.24) is 10.2 Å². The lowest BCUT2D eigenvalue weighted by Crippen LogP contribution is -2.51. The number of methoxy groups -OCH3 is 3. The summed E-state index contributed by atoms with van der Waals surface area (Å²) in [6.45, 7) is 3.29. The lowest BCUT2D eigenvalue weighted by atomic mass is 10.1. The summed E-state index contributed by atoms with van der Waals surface area (Å²) < 4.78 is 44.8. The molecule has 0 unspecified atom stereocenters. The first-order valence-corrected chi connectivity index (χ1v) is 14.1. The molecule has 1 N–H and O–H groups in total. The number of anilines is 1. The van der Waals surface area contributed by atoms with Gasteiger partial charge in [0.2, 0.25) is 11.8 Å². The van der Waals surface area contributed by atoms with Gasteiger partial charge in [0, 0.05) is 19.2 Å². The summed E-state index contributed by atoms with van der Waals surface area (Å²) in [5.41, 5.74) is 1.01. The molecule has 0 aliphatic heterocycles. The van der Waals surface area contributed by atoms with Crippen molar-refractivity contribution in [3.05, 3.63) is 78.4 Å². The van der Waals surface area contributed by atoms with Crippen molar-refractivity contribution in [2.45, 2.75) is 31.3 Å². The third-order valence-electron chi connectivity index (χ3n) is 6.27. The molecule has 0 aromatic heterocycles. The summed E-state index contributed by atoms with van der Waals surface area (Å²) in [6.07, 6.45) is 0. The summed E-state index contributed by atoms with van der Waals surface area (Å²) in [4.78, 5) is 28.0. The standard InChI is InChI=1S/C29H35N3O7S/c1-6-30-29(34)21(2)31(19-22-11-10-14-24(17-22)37-3)28(33)20-32(23-12-8-7-9-13-23)40(35,36)25-15-16-26(38-4)27(18-25)39-5/h7-18,21H,6,19-20H2,1-5H3,(H,30,34)/t21-/m1/s1. The Morgan fingerprint density at radius 1 is 0.875 bits per heavy atom. The van der Waals surface area contributed by atoms with Crippen molar-refractivity contribution in [3.8, 4) is 17.2 Å². The van der Waals surface area contributed by atoms with E-state index in [1.54, 1.807) is 62.4 Å². The van der Waals surface area contributed by atoms with Crippen LogP contribution in [0.2, 0.25) is 0 Å². The molecule has 0 radical (unpaired) electrons. The molecule has 2 amide bonds. The average Bonchev–Trinajstić information content (AvgIpc) is 2.98. The number of benzene rings is 3. The number of sulfonamides is 1. The molecule has 11 heteroatoms. The number of hydrogen-bond acceptors (Lipinski definition) is 7. The summed E-state index contributed by atoms with van der Waals surface area (Å²) in [5, 5.41) is 2.74. The van der Waals surface area contributed by atoms with Crippen LogP contribution in [0.25, 0.3) is 0 Å². The van der Waals surface area contributed by atoms with E-state index < -0.39 is 28.5 Å². The van der Waals surface area contributed by atoms with Crippen LogP contribution in [-0.4, -0.2) is 65.6 Å². The molecule has 1 atom stereocenters. The topological polar surface area (TPSA) is 114 Å². The molecule has 0 aliphatic carbocycles. The fraction of sp³-hybridized carbons (Fsp3) is 0.310. The number of ether oxygens (including phenoxy) is 3. The van der Waals surface area contributed by atoms with E-state index in [2.05, 4.69) is 5.32 Å². The van der Waals surface area contributed by atoms with E-state index in [9.17, 15) is 18.0 Å². The number of amides is 2. The quantitative estimate of drug-likeness (QED) is 0.335. The van der Waals surface area contributed by atoms with Gasteiger partial charge in [-0.25, -0.2) is 8.42 Å². The predicted molar refractivity (Wildman–Crippen MR) is 152 cm³/mol. The molecule has 0 heterocycles. The first kappa shape index (κ1) is 30.3. The van der Waals surface area contributed by atoms with E-state index in [0.717, 1.165) is 9.87 Å². The van der Waals surface area contributed by atoms with Crippen LogP contribution in [0, 0.1) is 0 Å². The highest BCUT2D eigenvalue weighted by Gasteiger charge is 2.33. The maximum atomic E-state index is 14.0. The summed E-state index contributed by atoms with van der Waals surface area (Å²) >= 11 is 0. The smallest absolute Gasteiger partial charge is 0.264 e. The van der Waals surface area contributed by atoms with Gasteiger partial charge in [-0.15, -0.1) is 0 Å². The van der Waals surface area contributed by atoms with Gasteiger partial charge in [-0.05, 0) is 55.8 Å². The highest BCUT2D eigenvalue weighted by Crippen LogP contribution is 2.32. The van der Waals surface area contributed by atoms with Crippen molar-refractivity contribution in [3.63, 3.8) is 0 Å². The minimum absolute atomic E-state index is 0.0629. The number of carbonyl (C=O) groups excluding carboxylic acids is 2. The molecule has 0 bridgehead atoms. The molecule has 0 saturated heterocycles. The lowest BCUT2D eigenvalue weighted by Gasteiger charge is -2.32. The predicted octanol–water partition coefficient (Wildman–Crippen LogP) is 3.46. The van der Waals surface area contributed by atoms with Crippen LogP contribution in [-0.2, 0) is 26.2 Å². The van der Waals surface area contributed by atoms with E-state index in [0.29, 0.717) is 18.0 Å². The van der Waals surface area contributed by atoms with Gasteiger partial charge in [0.15, 0.2) is 11.5 Å². The first-order chi connectivity index (χ1) is 19.2. The van der Waals surface area contributed by atoms with E-state index in [1.807, 2.05) is 6.07 Å². The third-order valence-corrected chi connectivity index (χ3v) is 8.04. The fourth-order valence-electron chi connectivity index (χ4n) is 4.10. The van der Waals surface area contributed by atoms with Gasteiger partial charge in [-0.1, -0.05) is 30.3 Å². The van der Waals surface area contributed by atoms with E-state index >= 15 is 0 Å². The number of rotatable bonds is 13. The van der Waals surface area contributed by atoms with Crippen molar-refractivity contribution in [2.24, 2.45) is 0 Å². The minimum Gasteiger partial charge on any atom is -0.497 e. The second kappa shape index (κ2) is 13.7. The molecule has 0 aliphatic rings. The van der Waals surface area contributed by atoms with Gasteiger partial charge in [-0.2, -0.15) is 0 Å². The Balaban J connectivity index is 2.04. The van der Waals surface area contributed by atoms with E-state index in [1.165, 1.54) is 44.4 Å². The van der Waals surface area contributed by atoms with Crippen LogP contribution in [0.5, 0.6) is 17.2 Å². The minimum atomic E-state index is -4.25. The number of nitrogens with zero attached hydrogens (tertiary/aromatic N) is 2. The number of hydrogen-bond donors (Lipinski definition) is 1. The summed E-state index contributed by atoms with van der Waals surface area (Å²) in [7, 11) is 0.148. The molecular formula is C29H35N3O7S. The first-order valence-electron chi connectivity index (χ1n) is 12.7. The van der Waals surface area contributed by atoms with Crippen LogP contribution in [0.4, 0.5) is 5.69 Å². The third kappa shape index (κ3) is 7.03. The molecule has 3 aromatic rings. The number of nitrogens with one attached hydrogen (secondary N) is 1. The molecule has 3 aromatic carbocycles. The summed E-state index contributed by atoms with van der Waals surface area (Å²) in [5.74, 6) is 0.274. The molecule has 0 spiro atoms. The molecule has 0 saturated carbocycles. The number of para-hydroxylation sites is 1. The van der Waals surface area contributed by atoms with Gasteiger partial charge in [-0.3, -0.25) is 13.9 Å². The Hall–Kier alpha value is -4.25. The normalized spacial score (nSPS) is 11.7. The Kier molecular flexibility index (Phi) is 10.4. The van der Waals surface area contributed by atoms with Gasteiger partial charge >= 0.3 is 0 Å². The number of carbonyl (C=O) groups is 2. The van der Waals surface area contributed by atoms with Crippen LogP contribution >= 0.6 is 0 Å². The van der Waals surface area contributed by atoms with Crippen molar-refractivity contribution in [2.75, 3.05) is 38.7 Å². The number of likely N-dealkylation sites (N-methyl/N-ethyl adjacent to an activating group) is 1. The summed E-state index contributed by atoms with van der Waals surface area (Å²) in [6, 6.07) is 18.8. The van der Waals surface area contributed by atoms with Gasteiger partial charge in [0.1, 0.15) is 18.3 Å². The van der Waals surface area contributed by atoms with E-state index in [-0.39, 0.29) is 28.8 Å². The SMILES string of the molecule is CCNC(=O)[C@@H](C)N(Cc1cccc(OC)c1)C(=O)CN(c1ccccc1)S(=O)(=O)c1ccc(OC)c(OC)c1. The zero-order valence-electron chi connectivity index (χ0n) is 23.3. The van der Waals surface area contributed by atoms with Crippen molar-refractivity contribution < 1.29 is 32.2 Å². The maximum absolute atomic E-state index is 14.0. The van der Waals surface area contributed by atoms with Gasteiger partial charge in [0.25, 0.3) is 10.0 Å². The molecule has 10 nitrogen and oxygen atoms in total. The second-order valence-corrected chi connectivity index (χ2v) is 10.7. The Morgan fingerprint density at radius 3 is 2.20 bits per heavy atom. The van der Waals surface area contributed by atoms with Crippen molar-refractivity contribution >= 4 is 27.5 Å². The van der Waals surface area contributed by atoms with E-state index in [4.69, 9.17) is 14.2 Å². The lowest BCUT2D eigenvalue weighted by molar-refractivity contribution is -0.139. The molecular weight excluding hydrogens is 534 g/mol. The average molecular weight is 570 g/mol. The highest BCUT2D eigenvalue weighted by molar-refractivity contribution is 7.92. The van der Waals surface area contributed by atoms with Gasteiger partial charge < -0.3 is 24.4 Å². The Bertz CT molecular complexity index is 1410. The second-order valence-electron chi connectivity index (χ2n) is 8.81. The van der Waals surface area contributed by atoms with Crippen LogP contribution in [0.15, 0.2) is 77.7 Å². The Morgan fingerprint density at radius 2 is 1.57 bits per heavy atom. The zero-order valence-corrected chi connectivity index (χ0v) is 24.1. The maximum Gasteiger partial charge on any atom is 0.264 e. The zero-order chi connectivity index (χ0) is 29.3. The Labute approximate surface area is 235 Å². The monoisotopic (exact) mass is 569 g/mol. The van der Waals surface area contributed by atoms with Crippen LogP contribution in [0.3, 0.4) is 0 Å². The highest BCUT2D eigenvalue weighted by atomic mass is 32.2. The molecule has 40 heavy (non-hydrogen) atoms. The van der Waals surface area contributed by atoms with Crippen molar-refractivity contribution in [1.29, 1.82) is 0 Å². The molecule has 3 rings (SSSR count).